The molecule has 10 nitrogen and oxygen atoms in total. The SMILES string of the molecule is COc1cccc(OC)c1-n1c(NSC(C)Cc2ncc(F)cn2)nnc1C1C=CNN1. The van der Waals surface area contributed by atoms with Crippen LogP contribution in [0.1, 0.15) is 24.6 Å². The Morgan fingerprint density at radius 3 is 2.53 bits per heavy atom. The molecule has 3 heterocycles. The number of nitrogens with one attached hydrogen (secondary N) is 3. The number of hydrogen-bond acceptors (Lipinski definition) is 10. The van der Waals surface area contributed by atoms with Gasteiger partial charge >= 0.3 is 0 Å². The number of benzene rings is 1. The molecule has 0 amide bonds. The third-order valence-electron chi connectivity index (χ3n) is 4.70. The Kier molecular flexibility index (Phi) is 6.71. The number of para-hydroxylation sites is 1. The second-order valence-electron chi connectivity index (χ2n) is 6.91. The summed E-state index contributed by atoms with van der Waals surface area (Å²) in [6.45, 7) is 2.01. The second-order valence-corrected chi connectivity index (χ2v) is 8.15. The highest BCUT2D eigenvalue weighted by Crippen LogP contribution is 2.37. The fourth-order valence-corrected chi connectivity index (χ4v) is 3.88. The molecule has 0 bridgehead atoms. The molecule has 0 radical (unpaired) electrons. The van der Waals surface area contributed by atoms with Crippen molar-refractivity contribution < 1.29 is 13.9 Å². The quantitative estimate of drug-likeness (QED) is 0.414. The van der Waals surface area contributed by atoms with E-state index < -0.39 is 5.82 Å². The van der Waals surface area contributed by atoms with E-state index in [2.05, 4.69) is 35.7 Å². The molecular weight excluding hydrogens is 435 g/mol. The van der Waals surface area contributed by atoms with Gasteiger partial charge in [0.25, 0.3) is 0 Å². The predicted octanol–water partition coefficient (Wildman–Crippen LogP) is 2.57. The molecule has 2 atom stereocenters. The van der Waals surface area contributed by atoms with E-state index in [9.17, 15) is 4.39 Å². The summed E-state index contributed by atoms with van der Waals surface area (Å²) in [5, 5.41) is 8.84. The van der Waals surface area contributed by atoms with E-state index in [1.165, 1.54) is 24.3 Å². The Morgan fingerprint density at radius 2 is 1.91 bits per heavy atom. The second kappa shape index (κ2) is 9.83. The molecule has 32 heavy (non-hydrogen) atoms. The zero-order valence-corrected chi connectivity index (χ0v) is 18.6. The molecule has 2 aromatic heterocycles. The zero-order chi connectivity index (χ0) is 22.5. The van der Waals surface area contributed by atoms with Gasteiger partial charge < -0.3 is 14.9 Å². The number of anilines is 1. The lowest BCUT2D eigenvalue weighted by Crippen LogP contribution is -2.26. The Morgan fingerprint density at radius 1 is 1.19 bits per heavy atom. The molecule has 0 fully saturated rings. The number of ether oxygens (including phenoxy) is 2. The number of hydrogen-bond donors (Lipinski definition) is 3. The summed E-state index contributed by atoms with van der Waals surface area (Å²) < 4.78 is 29.4. The van der Waals surface area contributed by atoms with Gasteiger partial charge in [-0.25, -0.2) is 19.8 Å². The first-order valence-electron chi connectivity index (χ1n) is 9.83. The first kappa shape index (κ1) is 21.8. The first-order valence-corrected chi connectivity index (χ1v) is 10.7. The Bertz CT molecular complexity index is 1070. The maximum atomic E-state index is 13.1. The minimum absolute atomic E-state index is 0.0693. The molecule has 4 rings (SSSR count). The highest BCUT2D eigenvalue weighted by Gasteiger charge is 2.26. The van der Waals surface area contributed by atoms with Gasteiger partial charge in [-0.05, 0) is 30.2 Å². The van der Waals surface area contributed by atoms with E-state index in [1.54, 1.807) is 20.4 Å². The van der Waals surface area contributed by atoms with Gasteiger partial charge in [-0.2, -0.15) is 0 Å². The van der Waals surface area contributed by atoms with Gasteiger partial charge in [0.2, 0.25) is 5.95 Å². The fraction of sp³-hybridized carbons (Fsp3) is 0.300. The van der Waals surface area contributed by atoms with E-state index in [0.717, 1.165) is 0 Å². The Labute approximate surface area is 188 Å². The molecule has 1 aliphatic heterocycles. The van der Waals surface area contributed by atoms with Gasteiger partial charge in [-0.3, -0.25) is 9.29 Å². The predicted molar refractivity (Wildman–Crippen MR) is 119 cm³/mol. The van der Waals surface area contributed by atoms with Crippen molar-refractivity contribution in [1.82, 2.24) is 35.6 Å². The molecule has 0 saturated carbocycles. The van der Waals surface area contributed by atoms with Crippen LogP contribution in [0.25, 0.3) is 5.69 Å². The van der Waals surface area contributed by atoms with E-state index in [4.69, 9.17) is 9.47 Å². The first-order chi connectivity index (χ1) is 15.6. The number of nitrogens with zero attached hydrogens (tertiary/aromatic N) is 5. The molecule has 1 aromatic carbocycles. The van der Waals surface area contributed by atoms with Crippen LogP contribution >= 0.6 is 11.9 Å². The molecule has 12 heteroatoms. The van der Waals surface area contributed by atoms with Crippen LogP contribution in [0.15, 0.2) is 42.9 Å². The Hall–Kier alpha value is -3.38. The van der Waals surface area contributed by atoms with Crippen LogP contribution in [0.2, 0.25) is 0 Å². The van der Waals surface area contributed by atoms with Crippen LogP contribution in [0.3, 0.4) is 0 Å². The van der Waals surface area contributed by atoms with Crippen LogP contribution in [-0.4, -0.2) is 44.2 Å². The lowest BCUT2D eigenvalue weighted by Gasteiger charge is -2.19. The third-order valence-corrected chi connectivity index (χ3v) is 5.57. The monoisotopic (exact) mass is 458 g/mol. The molecule has 0 aliphatic carbocycles. The zero-order valence-electron chi connectivity index (χ0n) is 17.7. The maximum Gasteiger partial charge on any atom is 0.239 e. The van der Waals surface area contributed by atoms with Crippen molar-refractivity contribution in [2.24, 2.45) is 0 Å². The van der Waals surface area contributed by atoms with E-state index >= 15 is 0 Å². The molecule has 0 saturated heterocycles. The summed E-state index contributed by atoms with van der Waals surface area (Å²) in [4.78, 5) is 8.05. The van der Waals surface area contributed by atoms with Crippen LogP contribution in [0, 0.1) is 5.82 Å². The van der Waals surface area contributed by atoms with Crippen molar-refractivity contribution in [2.75, 3.05) is 18.9 Å². The van der Waals surface area contributed by atoms with Crippen molar-refractivity contribution in [3.05, 3.63) is 60.3 Å². The van der Waals surface area contributed by atoms with E-state index in [1.807, 2.05) is 35.8 Å². The molecular formula is C20H23FN8O2S. The van der Waals surface area contributed by atoms with Crippen LogP contribution in [0.5, 0.6) is 11.5 Å². The van der Waals surface area contributed by atoms with Gasteiger partial charge in [0.15, 0.2) is 11.6 Å². The molecule has 1 aliphatic rings. The van der Waals surface area contributed by atoms with Gasteiger partial charge in [0, 0.05) is 17.9 Å². The van der Waals surface area contributed by atoms with E-state index in [0.29, 0.717) is 41.2 Å². The van der Waals surface area contributed by atoms with Gasteiger partial charge in [0.05, 0.1) is 26.6 Å². The van der Waals surface area contributed by atoms with Crippen molar-refractivity contribution in [3.8, 4) is 17.2 Å². The smallest absolute Gasteiger partial charge is 0.239 e. The van der Waals surface area contributed by atoms with Crippen molar-refractivity contribution in [1.29, 1.82) is 0 Å². The summed E-state index contributed by atoms with van der Waals surface area (Å²) in [6, 6.07) is 5.35. The molecule has 3 N–H and O–H groups in total. The highest BCUT2D eigenvalue weighted by atomic mass is 32.2. The summed E-state index contributed by atoms with van der Waals surface area (Å²) in [6.07, 6.45) is 6.62. The largest absolute Gasteiger partial charge is 0.494 e. The normalized spacial score (nSPS) is 15.9. The third kappa shape index (κ3) is 4.60. The van der Waals surface area contributed by atoms with Crippen molar-refractivity contribution in [2.45, 2.75) is 24.6 Å². The van der Waals surface area contributed by atoms with Crippen LogP contribution in [0.4, 0.5) is 10.3 Å². The lowest BCUT2D eigenvalue weighted by molar-refractivity contribution is 0.390. The van der Waals surface area contributed by atoms with Gasteiger partial charge in [-0.1, -0.05) is 13.0 Å². The number of methoxy groups -OCH3 is 2. The van der Waals surface area contributed by atoms with Crippen LogP contribution < -0.4 is 25.0 Å². The molecule has 0 spiro atoms. The maximum absolute atomic E-state index is 13.1. The molecule has 2 unspecified atom stereocenters. The molecule has 3 aromatic rings. The summed E-state index contributed by atoms with van der Waals surface area (Å²) in [7, 11) is 3.20. The van der Waals surface area contributed by atoms with Crippen molar-refractivity contribution in [3.63, 3.8) is 0 Å². The standard InChI is InChI=1S/C20H23FN8O2S/c1-12(9-17-22-10-13(21)11-23-17)32-28-20-27-26-19(14-7-8-24-25-14)29(20)18-15(30-2)5-4-6-16(18)31-3/h4-8,10-12,14,24-25H,9H2,1-3H3,(H,27,28). The average molecular weight is 459 g/mol. The number of hydrazine groups is 1. The summed E-state index contributed by atoms with van der Waals surface area (Å²) in [5.41, 5.74) is 6.76. The number of rotatable bonds is 9. The van der Waals surface area contributed by atoms with Crippen molar-refractivity contribution >= 4 is 17.9 Å². The highest BCUT2D eigenvalue weighted by molar-refractivity contribution is 8.01. The van der Waals surface area contributed by atoms with Crippen LogP contribution in [-0.2, 0) is 6.42 Å². The topological polar surface area (TPSA) is 111 Å². The minimum Gasteiger partial charge on any atom is -0.494 e. The van der Waals surface area contributed by atoms with Gasteiger partial charge in [-0.15, -0.1) is 10.2 Å². The Balaban J connectivity index is 1.63. The average Bonchev–Trinajstić information content (AvgIpc) is 3.48. The summed E-state index contributed by atoms with van der Waals surface area (Å²) >= 11 is 1.44. The van der Waals surface area contributed by atoms with Gasteiger partial charge in [0.1, 0.15) is 29.1 Å². The van der Waals surface area contributed by atoms with E-state index in [-0.39, 0.29) is 11.3 Å². The summed E-state index contributed by atoms with van der Waals surface area (Å²) in [5.74, 6) is 2.48. The number of halogens is 1. The fourth-order valence-electron chi connectivity index (χ4n) is 3.21. The molecule has 168 valence electrons. The minimum atomic E-state index is -0.456. The number of aromatic nitrogens is 5. The lowest BCUT2D eigenvalue weighted by atomic mass is 10.2.